The molecule has 0 saturated heterocycles. The highest BCUT2D eigenvalue weighted by Crippen LogP contribution is 2.31. The van der Waals surface area contributed by atoms with Gasteiger partial charge in [0.1, 0.15) is 12.4 Å². The van der Waals surface area contributed by atoms with Gasteiger partial charge in [-0.25, -0.2) is 9.59 Å². The number of allylic oxidation sites excluding steroid dienone is 1. The molecule has 0 bridgehead atoms. The predicted molar refractivity (Wildman–Crippen MR) is 120 cm³/mol. The van der Waals surface area contributed by atoms with Gasteiger partial charge in [-0.1, -0.05) is 55.3 Å². The maximum atomic E-state index is 12.8. The Labute approximate surface area is 187 Å². The lowest BCUT2D eigenvalue weighted by molar-refractivity contribution is -0.139. The first-order valence-electron chi connectivity index (χ1n) is 10.5. The first-order chi connectivity index (χ1) is 15.0. The van der Waals surface area contributed by atoms with Crippen LogP contribution in [0.3, 0.4) is 0 Å². The molecule has 0 spiro atoms. The summed E-state index contributed by atoms with van der Waals surface area (Å²) in [6.07, 6.45) is 2.39. The minimum absolute atomic E-state index is 0.255. The Morgan fingerprint density at radius 1 is 1.13 bits per heavy atom. The third kappa shape index (κ3) is 5.79. The number of hydrogen-bond acceptors (Lipinski definition) is 4. The second kappa shape index (κ2) is 10.9. The lowest BCUT2D eigenvalue weighted by Crippen LogP contribution is -2.46. The molecule has 1 atom stereocenters. The Hall–Kier alpha value is -2.99. The summed E-state index contributed by atoms with van der Waals surface area (Å²) in [6.45, 7) is 4.39. The molecule has 3 rings (SSSR count). The van der Waals surface area contributed by atoms with E-state index in [1.807, 2.05) is 48.5 Å². The molecule has 1 heterocycles. The molecule has 2 aromatic carbocycles. The summed E-state index contributed by atoms with van der Waals surface area (Å²) < 4.78 is 11.2. The SMILES string of the molecule is CCCCC1=C(C(=O)OCC)C(c2cccc(OCc3ccccc3Cl)c2)NC(=O)N1. The monoisotopic (exact) mass is 442 g/mol. The highest BCUT2D eigenvalue weighted by Gasteiger charge is 2.33. The Morgan fingerprint density at radius 3 is 2.68 bits per heavy atom. The number of ether oxygens (including phenoxy) is 2. The average Bonchev–Trinajstić information content (AvgIpc) is 2.77. The Morgan fingerprint density at radius 2 is 1.94 bits per heavy atom. The van der Waals surface area contributed by atoms with Gasteiger partial charge < -0.3 is 20.1 Å². The van der Waals surface area contributed by atoms with Crippen LogP contribution in [0.2, 0.25) is 5.02 Å². The molecule has 2 N–H and O–H groups in total. The number of amides is 2. The van der Waals surface area contributed by atoms with Crippen LogP contribution >= 0.6 is 11.6 Å². The number of rotatable bonds is 9. The van der Waals surface area contributed by atoms with Gasteiger partial charge in [0.05, 0.1) is 18.2 Å². The van der Waals surface area contributed by atoms with Crippen LogP contribution in [0, 0.1) is 0 Å². The maximum absolute atomic E-state index is 12.8. The van der Waals surface area contributed by atoms with Crippen molar-refractivity contribution in [2.45, 2.75) is 45.8 Å². The van der Waals surface area contributed by atoms with Gasteiger partial charge in [0.2, 0.25) is 0 Å². The van der Waals surface area contributed by atoms with Crippen molar-refractivity contribution in [3.8, 4) is 5.75 Å². The van der Waals surface area contributed by atoms with Crippen molar-refractivity contribution < 1.29 is 19.1 Å². The Balaban J connectivity index is 1.89. The standard InChI is InChI=1S/C24H27ClN2O4/c1-3-5-13-20-21(23(28)30-4-2)22(27-24(29)26-20)16-10-8-11-18(14-16)31-15-17-9-6-7-12-19(17)25/h6-12,14,22H,3-5,13,15H2,1-2H3,(H2,26,27,29). The molecule has 1 aliphatic rings. The van der Waals surface area contributed by atoms with Crippen molar-refractivity contribution in [3.63, 3.8) is 0 Å². The van der Waals surface area contributed by atoms with Crippen molar-refractivity contribution >= 4 is 23.6 Å². The summed E-state index contributed by atoms with van der Waals surface area (Å²) in [5.41, 5.74) is 2.65. The van der Waals surface area contributed by atoms with Gasteiger partial charge in [-0.05, 0) is 43.5 Å². The quantitative estimate of drug-likeness (QED) is 0.518. The fourth-order valence-corrected chi connectivity index (χ4v) is 3.62. The number of unbranched alkanes of at least 4 members (excludes halogenated alkanes) is 1. The zero-order valence-electron chi connectivity index (χ0n) is 17.7. The van der Waals surface area contributed by atoms with Crippen molar-refractivity contribution in [2.24, 2.45) is 0 Å². The van der Waals surface area contributed by atoms with Crippen molar-refractivity contribution in [1.29, 1.82) is 0 Å². The van der Waals surface area contributed by atoms with E-state index in [-0.39, 0.29) is 12.6 Å². The van der Waals surface area contributed by atoms with Gasteiger partial charge in [-0.3, -0.25) is 0 Å². The number of carbonyl (C=O) groups is 2. The molecule has 1 aliphatic heterocycles. The number of esters is 1. The van der Waals surface area contributed by atoms with E-state index in [1.54, 1.807) is 6.92 Å². The number of benzene rings is 2. The normalized spacial score (nSPS) is 15.8. The van der Waals surface area contributed by atoms with E-state index < -0.39 is 12.0 Å². The fourth-order valence-electron chi connectivity index (χ4n) is 3.43. The number of hydrogen-bond donors (Lipinski definition) is 2. The summed E-state index contributed by atoms with van der Waals surface area (Å²) in [5, 5.41) is 6.28. The molecule has 0 aromatic heterocycles. The zero-order valence-corrected chi connectivity index (χ0v) is 18.5. The Bertz CT molecular complexity index is 974. The summed E-state index contributed by atoms with van der Waals surface area (Å²) in [6, 6.07) is 13.9. The van der Waals surface area contributed by atoms with Crippen LogP contribution in [0.1, 0.15) is 50.3 Å². The minimum Gasteiger partial charge on any atom is -0.489 e. The number of urea groups is 1. The fraction of sp³-hybridized carbons (Fsp3) is 0.333. The average molecular weight is 443 g/mol. The largest absolute Gasteiger partial charge is 0.489 e. The molecule has 0 aliphatic carbocycles. The Kier molecular flexibility index (Phi) is 7.95. The van der Waals surface area contributed by atoms with Crippen LogP contribution in [-0.4, -0.2) is 18.6 Å². The van der Waals surface area contributed by atoms with Crippen molar-refractivity contribution in [3.05, 3.63) is 76.0 Å². The van der Waals surface area contributed by atoms with Crippen LogP contribution in [0.15, 0.2) is 59.8 Å². The van der Waals surface area contributed by atoms with Gasteiger partial charge >= 0.3 is 12.0 Å². The van der Waals surface area contributed by atoms with Gasteiger partial charge in [0, 0.05) is 16.3 Å². The van der Waals surface area contributed by atoms with E-state index in [2.05, 4.69) is 17.6 Å². The summed E-state index contributed by atoms with van der Waals surface area (Å²) in [7, 11) is 0. The van der Waals surface area contributed by atoms with E-state index in [0.29, 0.717) is 35.1 Å². The second-order valence-corrected chi connectivity index (χ2v) is 7.61. The third-order valence-corrected chi connectivity index (χ3v) is 5.34. The van der Waals surface area contributed by atoms with Crippen LogP contribution in [0.25, 0.3) is 0 Å². The van der Waals surface area contributed by atoms with Crippen LogP contribution in [0.4, 0.5) is 4.79 Å². The predicted octanol–water partition coefficient (Wildman–Crippen LogP) is 5.28. The first-order valence-corrected chi connectivity index (χ1v) is 10.8. The first kappa shape index (κ1) is 22.7. The van der Waals surface area contributed by atoms with Crippen molar-refractivity contribution in [1.82, 2.24) is 10.6 Å². The van der Waals surface area contributed by atoms with E-state index >= 15 is 0 Å². The molecule has 2 aromatic rings. The smallest absolute Gasteiger partial charge is 0.338 e. The summed E-state index contributed by atoms with van der Waals surface area (Å²) in [4.78, 5) is 25.1. The number of carbonyl (C=O) groups excluding carboxylic acids is 2. The maximum Gasteiger partial charge on any atom is 0.338 e. The second-order valence-electron chi connectivity index (χ2n) is 7.20. The van der Waals surface area contributed by atoms with E-state index in [9.17, 15) is 9.59 Å². The third-order valence-electron chi connectivity index (χ3n) is 4.97. The molecular formula is C24H27ClN2O4. The van der Waals surface area contributed by atoms with E-state index in [4.69, 9.17) is 21.1 Å². The highest BCUT2D eigenvalue weighted by atomic mass is 35.5. The lowest BCUT2D eigenvalue weighted by Gasteiger charge is -2.29. The molecule has 31 heavy (non-hydrogen) atoms. The highest BCUT2D eigenvalue weighted by molar-refractivity contribution is 6.31. The van der Waals surface area contributed by atoms with Crippen LogP contribution in [0.5, 0.6) is 5.75 Å². The van der Waals surface area contributed by atoms with E-state index in [1.165, 1.54) is 0 Å². The molecule has 0 radical (unpaired) electrons. The molecule has 1 unspecified atom stereocenters. The molecular weight excluding hydrogens is 416 g/mol. The number of nitrogens with one attached hydrogen (secondary N) is 2. The lowest BCUT2D eigenvalue weighted by atomic mass is 9.93. The summed E-state index contributed by atoms with van der Waals surface area (Å²) in [5.74, 6) is 0.178. The molecule has 7 heteroatoms. The van der Waals surface area contributed by atoms with Gasteiger partial charge in [0.15, 0.2) is 0 Å². The van der Waals surface area contributed by atoms with Crippen LogP contribution < -0.4 is 15.4 Å². The van der Waals surface area contributed by atoms with Crippen LogP contribution in [-0.2, 0) is 16.1 Å². The molecule has 0 fully saturated rings. The molecule has 6 nitrogen and oxygen atoms in total. The van der Waals surface area contributed by atoms with E-state index in [0.717, 1.165) is 24.0 Å². The van der Waals surface area contributed by atoms with Gasteiger partial charge in [-0.15, -0.1) is 0 Å². The van der Waals surface area contributed by atoms with Gasteiger partial charge in [-0.2, -0.15) is 0 Å². The minimum atomic E-state index is -0.622. The molecule has 164 valence electrons. The molecule has 0 saturated carbocycles. The zero-order chi connectivity index (χ0) is 22.2. The number of halogens is 1. The topological polar surface area (TPSA) is 76.7 Å². The van der Waals surface area contributed by atoms with Crippen molar-refractivity contribution in [2.75, 3.05) is 6.61 Å². The van der Waals surface area contributed by atoms with Gasteiger partial charge in [0.25, 0.3) is 0 Å². The molecule has 2 amide bonds. The summed E-state index contributed by atoms with van der Waals surface area (Å²) >= 11 is 6.21.